The molecule has 104 valence electrons. The lowest BCUT2D eigenvalue weighted by molar-refractivity contribution is 0.0999. The Hall–Kier alpha value is -1.13. The molecule has 0 aliphatic carbocycles. The van der Waals surface area contributed by atoms with Crippen molar-refractivity contribution in [3.05, 3.63) is 50.6 Å². The van der Waals surface area contributed by atoms with Crippen LogP contribution in [0, 0.1) is 0 Å². The number of carbonyl (C=O) groups is 1. The Balaban J connectivity index is 1.87. The highest BCUT2D eigenvalue weighted by Crippen LogP contribution is 2.31. The Morgan fingerprint density at radius 2 is 2.20 bits per heavy atom. The first-order valence-corrected chi connectivity index (χ1v) is 8.45. The van der Waals surface area contributed by atoms with Crippen molar-refractivity contribution in [2.24, 2.45) is 0 Å². The molecule has 4 heteroatoms. The van der Waals surface area contributed by atoms with Gasteiger partial charge in [0.1, 0.15) is 0 Å². The summed E-state index contributed by atoms with van der Waals surface area (Å²) in [7, 11) is 0. The second-order valence-electron chi connectivity index (χ2n) is 5.17. The van der Waals surface area contributed by atoms with Crippen LogP contribution in [0.3, 0.4) is 0 Å². The number of hydrogen-bond donors (Lipinski definition) is 0. The van der Waals surface area contributed by atoms with Crippen molar-refractivity contribution >= 4 is 38.7 Å². The average Bonchev–Trinajstić information content (AvgIpc) is 2.88. The Morgan fingerprint density at radius 3 is 2.95 bits per heavy atom. The molecule has 0 amide bonds. The summed E-state index contributed by atoms with van der Waals surface area (Å²) in [5.41, 5.74) is 2.57. The number of halogens is 1. The number of fused-ring (bicyclic) bond motifs is 1. The van der Waals surface area contributed by atoms with E-state index in [1.165, 1.54) is 22.6 Å². The van der Waals surface area contributed by atoms with Gasteiger partial charge in [0.25, 0.3) is 0 Å². The van der Waals surface area contributed by atoms with Crippen molar-refractivity contribution in [2.75, 3.05) is 11.4 Å². The summed E-state index contributed by atoms with van der Waals surface area (Å²) in [4.78, 5) is 15.6. The van der Waals surface area contributed by atoms with Gasteiger partial charge in [-0.1, -0.05) is 18.2 Å². The predicted octanol–water partition coefficient (Wildman–Crippen LogP) is 4.53. The second kappa shape index (κ2) is 5.70. The number of para-hydroxylation sites is 1. The van der Waals surface area contributed by atoms with E-state index in [9.17, 15) is 4.79 Å². The van der Waals surface area contributed by atoms with Crippen molar-refractivity contribution in [3.8, 4) is 0 Å². The molecule has 1 aliphatic heterocycles. The number of nitrogens with zero attached hydrogens (tertiary/aromatic N) is 1. The van der Waals surface area contributed by atoms with Crippen LogP contribution < -0.4 is 4.90 Å². The van der Waals surface area contributed by atoms with Crippen molar-refractivity contribution in [1.29, 1.82) is 0 Å². The van der Waals surface area contributed by atoms with Crippen LogP contribution in [0.25, 0.3) is 0 Å². The number of aryl methyl sites for hydroxylation is 1. The minimum absolute atomic E-state index is 0.190. The number of Topliss-reactive ketones (excluding diaryl/α,β-unsaturated/α-hetero) is 1. The van der Waals surface area contributed by atoms with Gasteiger partial charge in [-0.2, -0.15) is 0 Å². The van der Waals surface area contributed by atoms with Gasteiger partial charge in [0.05, 0.1) is 11.4 Å². The van der Waals surface area contributed by atoms with Crippen LogP contribution in [0.15, 0.2) is 40.2 Å². The number of carbonyl (C=O) groups excluding carboxylic acids is 1. The Kier molecular flexibility index (Phi) is 3.94. The molecule has 1 aromatic carbocycles. The molecule has 3 rings (SSSR count). The molecule has 2 nitrogen and oxygen atoms in total. The molecule has 1 unspecified atom stereocenters. The summed E-state index contributed by atoms with van der Waals surface area (Å²) in [5.74, 6) is 0.190. The van der Waals surface area contributed by atoms with Gasteiger partial charge in [0.2, 0.25) is 0 Å². The second-order valence-corrected chi connectivity index (χ2v) is 6.94. The normalized spacial score (nSPS) is 17.9. The molecule has 1 atom stereocenters. The first kappa shape index (κ1) is 13.8. The summed E-state index contributed by atoms with van der Waals surface area (Å²) >= 11 is 4.96. The van der Waals surface area contributed by atoms with E-state index in [4.69, 9.17) is 0 Å². The predicted molar refractivity (Wildman–Crippen MR) is 87.9 cm³/mol. The van der Waals surface area contributed by atoms with Gasteiger partial charge >= 0.3 is 0 Å². The molecule has 0 saturated carbocycles. The zero-order chi connectivity index (χ0) is 14.1. The SMILES string of the molecule is CC1CCc2ccccc2N1CC(=O)c1sccc1Br. The number of rotatable bonds is 3. The summed E-state index contributed by atoms with van der Waals surface area (Å²) in [6, 6.07) is 10.8. The van der Waals surface area contributed by atoms with Crippen molar-refractivity contribution in [1.82, 2.24) is 0 Å². The molecular weight excluding hydrogens is 334 g/mol. The zero-order valence-electron chi connectivity index (χ0n) is 11.3. The average molecular weight is 350 g/mol. The van der Waals surface area contributed by atoms with Crippen molar-refractivity contribution < 1.29 is 4.79 Å². The van der Waals surface area contributed by atoms with Gasteiger partial charge in [-0.3, -0.25) is 4.79 Å². The third kappa shape index (κ3) is 2.54. The maximum absolute atomic E-state index is 12.5. The molecule has 1 aliphatic rings. The van der Waals surface area contributed by atoms with E-state index < -0.39 is 0 Å². The maximum atomic E-state index is 12.5. The van der Waals surface area contributed by atoms with Gasteiger partial charge in [-0.15, -0.1) is 11.3 Å². The van der Waals surface area contributed by atoms with E-state index in [1.807, 2.05) is 11.4 Å². The molecule has 2 aromatic rings. The summed E-state index contributed by atoms with van der Waals surface area (Å²) in [5, 5.41) is 1.95. The van der Waals surface area contributed by atoms with Crippen LogP contribution >= 0.6 is 27.3 Å². The fourth-order valence-electron chi connectivity index (χ4n) is 2.72. The Labute approximate surface area is 131 Å². The van der Waals surface area contributed by atoms with Crippen LogP contribution in [0.4, 0.5) is 5.69 Å². The lowest BCUT2D eigenvalue weighted by atomic mass is 9.96. The monoisotopic (exact) mass is 349 g/mol. The fraction of sp³-hybridized carbons (Fsp3) is 0.312. The lowest BCUT2D eigenvalue weighted by Crippen LogP contribution is -2.40. The van der Waals surface area contributed by atoms with E-state index in [0.29, 0.717) is 12.6 Å². The standard InChI is InChI=1S/C16H16BrNOS/c1-11-6-7-12-4-2-3-5-14(12)18(11)10-15(19)16-13(17)8-9-20-16/h2-5,8-9,11H,6-7,10H2,1H3. The number of benzene rings is 1. The zero-order valence-corrected chi connectivity index (χ0v) is 13.7. The highest BCUT2D eigenvalue weighted by Gasteiger charge is 2.25. The summed E-state index contributed by atoms with van der Waals surface area (Å²) in [6.07, 6.45) is 2.21. The summed E-state index contributed by atoms with van der Waals surface area (Å²) in [6.45, 7) is 2.66. The fourth-order valence-corrected chi connectivity index (χ4v) is 4.25. The van der Waals surface area contributed by atoms with Gasteiger partial charge < -0.3 is 4.90 Å². The molecular formula is C16H16BrNOS. The molecule has 0 fully saturated rings. The third-order valence-electron chi connectivity index (χ3n) is 3.85. The van der Waals surface area contributed by atoms with Crippen LogP contribution in [0.2, 0.25) is 0 Å². The first-order chi connectivity index (χ1) is 9.66. The molecule has 0 saturated heterocycles. The molecule has 0 spiro atoms. The number of anilines is 1. The van der Waals surface area contributed by atoms with E-state index >= 15 is 0 Å². The molecule has 0 bridgehead atoms. The third-order valence-corrected chi connectivity index (χ3v) is 5.73. The van der Waals surface area contributed by atoms with Crippen LogP contribution in [0.5, 0.6) is 0 Å². The molecule has 0 radical (unpaired) electrons. The van der Waals surface area contributed by atoms with Gasteiger partial charge in [-0.25, -0.2) is 0 Å². The minimum Gasteiger partial charge on any atom is -0.361 e. The van der Waals surface area contributed by atoms with Crippen LogP contribution in [-0.2, 0) is 6.42 Å². The molecule has 2 heterocycles. The van der Waals surface area contributed by atoms with E-state index in [0.717, 1.165) is 22.2 Å². The van der Waals surface area contributed by atoms with E-state index in [2.05, 4.69) is 52.0 Å². The molecule has 20 heavy (non-hydrogen) atoms. The topological polar surface area (TPSA) is 20.3 Å². The highest BCUT2D eigenvalue weighted by atomic mass is 79.9. The minimum atomic E-state index is 0.190. The van der Waals surface area contributed by atoms with Gasteiger partial charge in [0, 0.05) is 16.2 Å². The van der Waals surface area contributed by atoms with Gasteiger partial charge in [-0.05, 0) is 58.8 Å². The largest absolute Gasteiger partial charge is 0.361 e. The number of thiophene rings is 1. The van der Waals surface area contributed by atoms with Crippen molar-refractivity contribution in [2.45, 2.75) is 25.8 Å². The van der Waals surface area contributed by atoms with Crippen LogP contribution in [-0.4, -0.2) is 18.4 Å². The summed E-state index contributed by atoms with van der Waals surface area (Å²) < 4.78 is 0.908. The number of hydrogen-bond acceptors (Lipinski definition) is 3. The maximum Gasteiger partial charge on any atom is 0.193 e. The van der Waals surface area contributed by atoms with Gasteiger partial charge in [0.15, 0.2) is 5.78 Å². The Bertz CT molecular complexity index is 637. The van der Waals surface area contributed by atoms with E-state index in [1.54, 1.807) is 0 Å². The quantitative estimate of drug-likeness (QED) is 0.758. The Morgan fingerprint density at radius 1 is 1.40 bits per heavy atom. The van der Waals surface area contributed by atoms with E-state index in [-0.39, 0.29) is 5.78 Å². The number of ketones is 1. The highest BCUT2D eigenvalue weighted by molar-refractivity contribution is 9.10. The molecule has 1 aromatic heterocycles. The lowest BCUT2D eigenvalue weighted by Gasteiger charge is -2.36. The van der Waals surface area contributed by atoms with Crippen LogP contribution in [0.1, 0.15) is 28.6 Å². The first-order valence-electron chi connectivity index (χ1n) is 6.77. The smallest absolute Gasteiger partial charge is 0.193 e. The molecule has 0 N–H and O–H groups in total. The van der Waals surface area contributed by atoms with Crippen molar-refractivity contribution in [3.63, 3.8) is 0 Å².